The van der Waals surface area contributed by atoms with Gasteiger partial charge in [-0.15, -0.1) is 0 Å². The zero-order chi connectivity index (χ0) is 18.6. The maximum absolute atomic E-state index is 13.4. The van der Waals surface area contributed by atoms with Gasteiger partial charge >= 0.3 is 6.18 Å². The first-order valence-corrected chi connectivity index (χ1v) is 7.38. The van der Waals surface area contributed by atoms with Crippen LogP contribution in [0, 0.1) is 11.6 Å². The van der Waals surface area contributed by atoms with Gasteiger partial charge in [0.15, 0.2) is 5.11 Å². The zero-order valence-corrected chi connectivity index (χ0v) is 13.7. The number of anilines is 1. The molecule has 0 aliphatic rings. The number of hydrogen-bond donors (Lipinski definition) is 2. The van der Waals surface area contributed by atoms with E-state index in [0.29, 0.717) is 0 Å². The van der Waals surface area contributed by atoms with E-state index in [1.165, 1.54) is 6.07 Å². The third kappa shape index (κ3) is 5.10. The highest BCUT2D eigenvalue weighted by Crippen LogP contribution is 2.33. The average Bonchev–Trinajstić information content (AvgIpc) is 2.51. The fourth-order valence-corrected chi connectivity index (χ4v) is 2.06. The van der Waals surface area contributed by atoms with E-state index >= 15 is 0 Å². The summed E-state index contributed by atoms with van der Waals surface area (Å²) in [7, 11) is 0. The summed E-state index contributed by atoms with van der Waals surface area (Å²) in [5.41, 5.74) is 0.829. The van der Waals surface area contributed by atoms with Crippen LogP contribution in [0.25, 0.3) is 0 Å². The maximum atomic E-state index is 13.4. The Morgan fingerprint density at radius 3 is 2.36 bits per heavy atom. The molecule has 0 atom stereocenters. The molecule has 2 rings (SSSR count). The summed E-state index contributed by atoms with van der Waals surface area (Å²) in [6.07, 6.45) is -3.69. The molecule has 25 heavy (non-hydrogen) atoms. The van der Waals surface area contributed by atoms with Crippen LogP contribution in [0.1, 0.15) is 11.1 Å². The smallest absolute Gasteiger partial charge is 0.330 e. The summed E-state index contributed by atoms with van der Waals surface area (Å²) in [5, 5.41) is 5.75. The summed E-state index contributed by atoms with van der Waals surface area (Å²) >= 11 is 10.7. The topological polar surface area (TPSA) is 36.4 Å². The van der Waals surface area contributed by atoms with Crippen molar-refractivity contribution in [2.75, 3.05) is 5.32 Å². The lowest BCUT2D eigenvalue weighted by Gasteiger charge is -2.12. The van der Waals surface area contributed by atoms with E-state index in [2.05, 4.69) is 15.8 Å². The van der Waals surface area contributed by atoms with Gasteiger partial charge in [0.1, 0.15) is 11.6 Å². The molecule has 0 heterocycles. The molecule has 2 aromatic carbocycles. The monoisotopic (exact) mass is 393 g/mol. The highest BCUT2D eigenvalue weighted by molar-refractivity contribution is 7.80. The van der Waals surface area contributed by atoms with Gasteiger partial charge in [-0.2, -0.15) is 18.3 Å². The van der Waals surface area contributed by atoms with Gasteiger partial charge in [0.2, 0.25) is 0 Å². The van der Waals surface area contributed by atoms with Crippen LogP contribution in [-0.4, -0.2) is 11.3 Å². The number of halogens is 6. The predicted octanol–water partition coefficient (Wildman–Crippen LogP) is 4.96. The first kappa shape index (κ1) is 19.1. The quantitative estimate of drug-likeness (QED) is 0.335. The van der Waals surface area contributed by atoms with Crippen molar-refractivity contribution in [1.29, 1.82) is 0 Å². The van der Waals surface area contributed by atoms with E-state index in [0.717, 1.165) is 36.5 Å². The van der Waals surface area contributed by atoms with E-state index in [9.17, 15) is 22.0 Å². The number of alkyl halides is 3. The van der Waals surface area contributed by atoms with Crippen molar-refractivity contribution in [1.82, 2.24) is 5.43 Å². The zero-order valence-electron chi connectivity index (χ0n) is 12.2. The summed E-state index contributed by atoms with van der Waals surface area (Å²) in [4.78, 5) is 0. The number of benzene rings is 2. The molecule has 0 bridgehead atoms. The SMILES string of the molecule is Fc1cccc(F)c1/C=N/NC(=S)Nc1cc(C(F)(F)F)ccc1Cl. The minimum atomic E-state index is -4.55. The minimum absolute atomic E-state index is 0.00118. The lowest BCUT2D eigenvalue weighted by atomic mass is 10.2. The normalized spacial score (nSPS) is 11.6. The van der Waals surface area contributed by atoms with Gasteiger partial charge in [0, 0.05) is 0 Å². The van der Waals surface area contributed by atoms with Crippen LogP contribution in [0.2, 0.25) is 5.02 Å². The second kappa shape index (κ2) is 7.75. The summed E-state index contributed by atoms with van der Waals surface area (Å²) in [6, 6.07) is 5.94. The number of hydrazone groups is 1. The van der Waals surface area contributed by atoms with E-state index in [1.807, 2.05) is 0 Å². The summed E-state index contributed by atoms with van der Waals surface area (Å²) in [5.74, 6) is -1.66. The lowest BCUT2D eigenvalue weighted by molar-refractivity contribution is -0.137. The highest BCUT2D eigenvalue weighted by Gasteiger charge is 2.31. The van der Waals surface area contributed by atoms with Gasteiger partial charge < -0.3 is 5.32 Å². The van der Waals surface area contributed by atoms with Gasteiger partial charge in [-0.1, -0.05) is 17.7 Å². The van der Waals surface area contributed by atoms with Gasteiger partial charge in [-0.25, -0.2) is 8.78 Å². The van der Waals surface area contributed by atoms with E-state index in [1.54, 1.807) is 0 Å². The number of nitrogens with zero attached hydrogens (tertiary/aromatic N) is 1. The number of rotatable bonds is 3. The second-order valence-corrected chi connectivity index (χ2v) is 5.47. The molecule has 0 spiro atoms. The van der Waals surface area contributed by atoms with Gasteiger partial charge in [-0.05, 0) is 42.5 Å². The van der Waals surface area contributed by atoms with Crippen LogP contribution in [0.4, 0.5) is 27.6 Å². The van der Waals surface area contributed by atoms with Crippen molar-refractivity contribution >= 4 is 40.8 Å². The molecule has 0 unspecified atom stereocenters. The molecule has 132 valence electrons. The molecule has 3 nitrogen and oxygen atoms in total. The van der Waals surface area contributed by atoms with Crippen LogP contribution in [0.5, 0.6) is 0 Å². The Labute approximate surface area is 149 Å². The maximum Gasteiger partial charge on any atom is 0.416 e. The standard InChI is InChI=1S/C15H9ClF5N3S/c16-10-5-4-8(15(19,20)21)6-13(10)23-14(25)24-22-7-9-11(17)2-1-3-12(9)18/h1-7H,(H2,23,24,25)/b22-7+. The molecule has 0 fully saturated rings. The number of thiocarbonyl (C=S) groups is 1. The Balaban J connectivity index is 2.07. The molecule has 0 radical (unpaired) electrons. The summed E-state index contributed by atoms with van der Waals surface area (Å²) in [6.45, 7) is 0. The van der Waals surface area contributed by atoms with Crippen molar-refractivity contribution in [2.24, 2.45) is 5.10 Å². The molecule has 0 aromatic heterocycles. The van der Waals surface area contributed by atoms with Gasteiger partial charge in [-0.3, -0.25) is 5.43 Å². The molecule has 10 heteroatoms. The Kier molecular flexibility index (Phi) is 5.91. The molecule has 0 saturated carbocycles. The fourth-order valence-electron chi connectivity index (χ4n) is 1.74. The largest absolute Gasteiger partial charge is 0.416 e. The molecular weight excluding hydrogens is 385 g/mol. The number of hydrogen-bond acceptors (Lipinski definition) is 2. The molecule has 2 aromatic rings. The highest BCUT2D eigenvalue weighted by atomic mass is 35.5. The van der Waals surface area contributed by atoms with Crippen LogP contribution >= 0.6 is 23.8 Å². The predicted molar refractivity (Wildman–Crippen MR) is 89.8 cm³/mol. The third-order valence-corrected chi connectivity index (χ3v) is 3.42. The minimum Gasteiger partial charge on any atom is -0.330 e. The summed E-state index contributed by atoms with van der Waals surface area (Å²) < 4.78 is 64.9. The fraction of sp³-hybridized carbons (Fsp3) is 0.0667. The molecule has 2 N–H and O–H groups in total. The van der Waals surface area contributed by atoms with Gasteiger partial charge in [0.25, 0.3) is 0 Å². The van der Waals surface area contributed by atoms with Crippen molar-refractivity contribution in [3.8, 4) is 0 Å². The van der Waals surface area contributed by atoms with Crippen molar-refractivity contribution in [3.05, 3.63) is 64.2 Å². The van der Waals surface area contributed by atoms with Crippen molar-refractivity contribution in [3.63, 3.8) is 0 Å². The molecule has 0 aliphatic heterocycles. The second-order valence-electron chi connectivity index (χ2n) is 4.65. The first-order chi connectivity index (χ1) is 11.7. The average molecular weight is 394 g/mol. The van der Waals surface area contributed by atoms with Gasteiger partial charge in [0.05, 0.1) is 28.1 Å². The third-order valence-electron chi connectivity index (χ3n) is 2.90. The van der Waals surface area contributed by atoms with Crippen molar-refractivity contribution < 1.29 is 22.0 Å². The van der Waals surface area contributed by atoms with Crippen molar-refractivity contribution in [2.45, 2.75) is 6.18 Å². The number of nitrogens with one attached hydrogen (secondary N) is 2. The van der Waals surface area contributed by atoms with Crippen LogP contribution < -0.4 is 10.7 Å². The Morgan fingerprint density at radius 2 is 1.76 bits per heavy atom. The Bertz CT molecular complexity index is 803. The first-order valence-electron chi connectivity index (χ1n) is 6.59. The molecular formula is C15H9ClF5N3S. The lowest BCUT2D eigenvalue weighted by Crippen LogP contribution is -2.24. The molecule has 0 saturated heterocycles. The van der Waals surface area contributed by atoms with Crippen LogP contribution in [0.15, 0.2) is 41.5 Å². The Hall–Kier alpha value is -2.26. The molecule has 0 aliphatic carbocycles. The Morgan fingerprint density at radius 1 is 1.12 bits per heavy atom. The van der Waals surface area contributed by atoms with E-state index < -0.39 is 28.9 Å². The van der Waals surface area contributed by atoms with E-state index in [4.69, 9.17) is 23.8 Å². The van der Waals surface area contributed by atoms with E-state index in [-0.39, 0.29) is 15.8 Å². The van der Waals surface area contributed by atoms with Crippen LogP contribution in [0.3, 0.4) is 0 Å². The molecule has 0 amide bonds. The van der Waals surface area contributed by atoms with Crippen LogP contribution in [-0.2, 0) is 6.18 Å².